The summed E-state index contributed by atoms with van der Waals surface area (Å²) in [4.78, 5) is 12.1. The lowest BCUT2D eigenvalue weighted by Gasteiger charge is -2.56. The number of aliphatic hydroxyl groups excluding tert-OH is 1. The number of aliphatic hydroxyl groups is 1. The molecule has 0 aromatic heterocycles. The molecule has 23 heavy (non-hydrogen) atoms. The topological polar surface area (TPSA) is 37.3 Å². The minimum absolute atomic E-state index is 0.0651. The summed E-state index contributed by atoms with van der Waals surface area (Å²) in [5.74, 6) is 2.10. The maximum atomic E-state index is 12.1. The van der Waals surface area contributed by atoms with Crippen LogP contribution in [0.15, 0.2) is 11.1 Å². The number of ketones is 1. The van der Waals surface area contributed by atoms with E-state index in [1.807, 2.05) is 0 Å². The molecule has 0 spiro atoms. The van der Waals surface area contributed by atoms with Crippen molar-refractivity contribution in [3.05, 3.63) is 11.1 Å². The average Bonchev–Trinajstić information content (AvgIpc) is 2.85. The molecule has 0 bridgehead atoms. The summed E-state index contributed by atoms with van der Waals surface area (Å²) >= 11 is 0. The minimum atomic E-state index is -0.0651. The molecule has 128 valence electrons. The lowest BCUT2D eigenvalue weighted by molar-refractivity contribution is -0.123. The Morgan fingerprint density at radius 3 is 2.61 bits per heavy atom. The average molecular weight is 316 g/mol. The van der Waals surface area contributed by atoms with Gasteiger partial charge in [0.05, 0.1) is 6.10 Å². The highest BCUT2D eigenvalue weighted by molar-refractivity contribution is 5.80. The van der Waals surface area contributed by atoms with E-state index in [-0.39, 0.29) is 17.4 Å². The third-order valence-electron chi connectivity index (χ3n) is 8.46. The number of Topliss-reactive ketones (excluding diaryl/α,β-unsaturated/α-hetero) is 1. The van der Waals surface area contributed by atoms with Crippen LogP contribution >= 0.6 is 0 Å². The van der Waals surface area contributed by atoms with Gasteiger partial charge < -0.3 is 5.11 Å². The standard InChI is InChI=1S/C21H32O2/c1-13(22)17-6-7-18-16-5-4-14-12-15(23)8-10-20(14,2)19(16)9-11-21(17,18)3/h14-15,17,19,23H,4-12H2,1-3H3/t14-,15+,17-,19+,20+,21-/m1/s1. The second kappa shape index (κ2) is 5.18. The lowest BCUT2D eigenvalue weighted by atomic mass is 9.49. The van der Waals surface area contributed by atoms with Gasteiger partial charge in [0.2, 0.25) is 0 Å². The number of rotatable bonds is 1. The molecule has 3 fully saturated rings. The second-order valence-corrected chi connectivity index (χ2v) is 9.38. The molecule has 0 saturated heterocycles. The van der Waals surface area contributed by atoms with Crippen LogP contribution in [0.25, 0.3) is 0 Å². The number of hydrogen-bond donors (Lipinski definition) is 1. The third-order valence-corrected chi connectivity index (χ3v) is 8.46. The number of fused-ring (bicyclic) bond motifs is 4. The molecule has 0 aromatic carbocycles. The summed E-state index contributed by atoms with van der Waals surface area (Å²) in [6.45, 7) is 6.69. The van der Waals surface area contributed by atoms with E-state index in [1.54, 1.807) is 18.1 Å². The van der Waals surface area contributed by atoms with E-state index in [2.05, 4.69) is 13.8 Å². The summed E-state index contributed by atoms with van der Waals surface area (Å²) in [5.41, 5.74) is 3.99. The Morgan fingerprint density at radius 1 is 1.09 bits per heavy atom. The fourth-order valence-corrected chi connectivity index (χ4v) is 7.12. The van der Waals surface area contributed by atoms with Gasteiger partial charge in [0.15, 0.2) is 0 Å². The summed E-state index contributed by atoms with van der Waals surface area (Å²) in [7, 11) is 0. The van der Waals surface area contributed by atoms with Crippen LogP contribution in [0.4, 0.5) is 0 Å². The van der Waals surface area contributed by atoms with Gasteiger partial charge in [0.25, 0.3) is 0 Å². The normalized spacial score (nSPS) is 49.4. The van der Waals surface area contributed by atoms with Crippen molar-refractivity contribution >= 4 is 5.78 Å². The molecule has 0 unspecified atom stereocenters. The zero-order valence-electron chi connectivity index (χ0n) is 15.0. The molecule has 4 aliphatic carbocycles. The van der Waals surface area contributed by atoms with Crippen LogP contribution < -0.4 is 0 Å². The third kappa shape index (κ3) is 2.13. The number of carbonyl (C=O) groups excluding carboxylic acids is 1. The Balaban J connectivity index is 1.72. The maximum absolute atomic E-state index is 12.1. The number of allylic oxidation sites excluding steroid dienone is 2. The van der Waals surface area contributed by atoms with Crippen LogP contribution in [0.2, 0.25) is 0 Å². The zero-order chi connectivity index (χ0) is 16.4. The lowest BCUT2D eigenvalue weighted by Crippen LogP contribution is -2.48. The van der Waals surface area contributed by atoms with E-state index < -0.39 is 0 Å². The number of carbonyl (C=O) groups is 1. The molecule has 0 radical (unpaired) electrons. The van der Waals surface area contributed by atoms with Gasteiger partial charge in [-0.2, -0.15) is 0 Å². The van der Waals surface area contributed by atoms with E-state index in [9.17, 15) is 9.90 Å². The Morgan fingerprint density at radius 2 is 1.87 bits per heavy atom. The van der Waals surface area contributed by atoms with Gasteiger partial charge in [0, 0.05) is 5.92 Å². The molecule has 2 nitrogen and oxygen atoms in total. The van der Waals surface area contributed by atoms with Crippen LogP contribution in [0.5, 0.6) is 0 Å². The summed E-state index contributed by atoms with van der Waals surface area (Å²) in [6, 6.07) is 0. The first-order valence-corrected chi connectivity index (χ1v) is 9.77. The van der Waals surface area contributed by atoms with Crippen molar-refractivity contribution in [1.29, 1.82) is 0 Å². The largest absolute Gasteiger partial charge is 0.393 e. The van der Waals surface area contributed by atoms with E-state index in [1.165, 1.54) is 32.1 Å². The first-order chi connectivity index (χ1) is 10.9. The van der Waals surface area contributed by atoms with Gasteiger partial charge in [-0.15, -0.1) is 0 Å². The molecule has 1 N–H and O–H groups in total. The quantitative estimate of drug-likeness (QED) is 0.714. The van der Waals surface area contributed by atoms with Gasteiger partial charge in [-0.1, -0.05) is 25.0 Å². The zero-order valence-corrected chi connectivity index (χ0v) is 15.0. The highest BCUT2D eigenvalue weighted by Gasteiger charge is 2.55. The highest BCUT2D eigenvalue weighted by Crippen LogP contribution is 2.64. The van der Waals surface area contributed by atoms with Crippen LogP contribution in [-0.4, -0.2) is 17.0 Å². The monoisotopic (exact) mass is 316 g/mol. The van der Waals surface area contributed by atoms with Crippen molar-refractivity contribution in [2.24, 2.45) is 28.6 Å². The predicted octanol–water partition coefficient (Wildman–Crippen LogP) is 4.66. The SMILES string of the molecule is CC(=O)[C@H]1CCC2=C3CC[C@@H]4C[C@@H](O)CC[C@]4(C)[C@H]3CC[C@@]21C. The van der Waals surface area contributed by atoms with E-state index in [0.29, 0.717) is 17.1 Å². The van der Waals surface area contributed by atoms with Gasteiger partial charge in [-0.3, -0.25) is 4.79 Å². The minimum Gasteiger partial charge on any atom is -0.393 e. The molecule has 6 atom stereocenters. The molecule has 0 amide bonds. The van der Waals surface area contributed by atoms with E-state index >= 15 is 0 Å². The Hall–Kier alpha value is -0.630. The molecule has 0 heterocycles. The Labute approximate surface area is 140 Å². The van der Waals surface area contributed by atoms with Crippen LogP contribution in [-0.2, 0) is 4.79 Å². The van der Waals surface area contributed by atoms with Crippen LogP contribution in [0, 0.1) is 28.6 Å². The van der Waals surface area contributed by atoms with Gasteiger partial charge in [-0.05, 0) is 87.4 Å². The van der Waals surface area contributed by atoms with Crippen LogP contribution in [0.1, 0.15) is 78.6 Å². The fraction of sp³-hybridized carbons (Fsp3) is 0.857. The van der Waals surface area contributed by atoms with Gasteiger partial charge in [0.1, 0.15) is 5.78 Å². The van der Waals surface area contributed by atoms with Crippen molar-refractivity contribution in [3.8, 4) is 0 Å². The summed E-state index contributed by atoms with van der Waals surface area (Å²) < 4.78 is 0. The molecule has 4 aliphatic rings. The van der Waals surface area contributed by atoms with Crippen molar-refractivity contribution in [1.82, 2.24) is 0 Å². The predicted molar refractivity (Wildman–Crippen MR) is 92.0 cm³/mol. The van der Waals surface area contributed by atoms with Crippen LogP contribution in [0.3, 0.4) is 0 Å². The van der Waals surface area contributed by atoms with Crippen molar-refractivity contribution < 1.29 is 9.90 Å². The van der Waals surface area contributed by atoms with Crippen molar-refractivity contribution in [2.45, 2.75) is 84.7 Å². The fourth-order valence-electron chi connectivity index (χ4n) is 7.12. The summed E-state index contributed by atoms with van der Waals surface area (Å²) in [5, 5.41) is 10.1. The van der Waals surface area contributed by atoms with Crippen molar-refractivity contribution in [2.75, 3.05) is 0 Å². The van der Waals surface area contributed by atoms with Crippen molar-refractivity contribution in [3.63, 3.8) is 0 Å². The molecular formula is C21H32O2. The Bertz CT molecular complexity index is 562. The Kier molecular flexibility index (Phi) is 3.58. The second-order valence-electron chi connectivity index (χ2n) is 9.38. The van der Waals surface area contributed by atoms with Gasteiger partial charge >= 0.3 is 0 Å². The van der Waals surface area contributed by atoms with E-state index in [0.717, 1.165) is 31.6 Å². The molecule has 2 heteroatoms. The highest BCUT2D eigenvalue weighted by atomic mass is 16.3. The van der Waals surface area contributed by atoms with E-state index in [4.69, 9.17) is 0 Å². The molecule has 0 aliphatic heterocycles. The first-order valence-electron chi connectivity index (χ1n) is 9.77. The summed E-state index contributed by atoms with van der Waals surface area (Å²) in [6.07, 6.45) is 10.3. The van der Waals surface area contributed by atoms with Gasteiger partial charge in [-0.25, -0.2) is 0 Å². The molecule has 0 aromatic rings. The first kappa shape index (κ1) is 15.9. The maximum Gasteiger partial charge on any atom is 0.133 e. The smallest absolute Gasteiger partial charge is 0.133 e. The molecule has 3 saturated carbocycles. The molecular weight excluding hydrogens is 284 g/mol. The molecule has 4 rings (SSSR count). The number of hydrogen-bond acceptors (Lipinski definition) is 2.